The van der Waals surface area contributed by atoms with Gasteiger partial charge in [0.25, 0.3) is 0 Å². The summed E-state index contributed by atoms with van der Waals surface area (Å²) in [6.45, 7) is 1.58. The molecule has 5 heteroatoms. The van der Waals surface area contributed by atoms with Gasteiger partial charge in [-0.1, -0.05) is 0 Å². The number of hydrogen-bond acceptors (Lipinski definition) is 5. The monoisotopic (exact) mass is 211 g/mol. The van der Waals surface area contributed by atoms with E-state index >= 15 is 0 Å². The van der Waals surface area contributed by atoms with Crippen LogP contribution in [0.5, 0.6) is 0 Å². The average molecular weight is 211 g/mol. The van der Waals surface area contributed by atoms with E-state index in [1.807, 2.05) is 23.1 Å². The molecule has 0 aromatic rings. The third-order valence-corrected chi connectivity index (χ3v) is 2.28. The molecule has 16 heavy (non-hydrogen) atoms. The van der Waals surface area contributed by atoms with Crippen LogP contribution in [0.25, 0.3) is 0 Å². The highest BCUT2D eigenvalue weighted by Crippen LogP contribution is 2.14. The second-order valence-electron chi connectivity index (χ2n) is 3.23. The summed E-state index contributed by atoms with van der Waals surface area (Å²) >= 11 is 0. The quantitative estimate of drug-likeness (QED) is 0.645. The summed E-state index contributed by atoms with van der Waals surface area (Å²) in [4.78, 5) is 6.27. The molecule has 0 spiro atoms. The second-order valence-corrected chi connectivity index (χ2v) is 3.23. The molecule has 78 valence electrons. The van der Waals surface area contributed by atoms with Gasteiger partial charge in [-0.2, -0.15) is 10.5 Å². The highest BCUT2D eigenvalue weighted by Gasteiger charge is 2.20. The standard InChI is InChI=1S/C11H9N5/c12-7-9(8-13)1-2-10-3-4-14-11-15-5-6-16(10)11/h1-4H,5-6H2,(H,14,15)/b10-2-. The van der Waals surface area contributed by atoms with E-state index in [4.69, 9.17) is 10.5 Å². The van der Waals surface area contributed by atoms with Gasteiger partial charge in [-0.25, -0.2) is 0 Å². The number of rotatable bonds is 1. The molecule has 0 amide bonds. The van der Waals surface area contributed by atoms with Crippen molar-refractivity contribution in [3.63, 3.8) is 0 Å². The van der Waals surface area contributed by atoms with Crippen molar-refractivity contribution in [1.29, 1.82) is 10.5 Å². The SMILES string of the molecule is N#CC(C#N)=C/C=C1/C=CNC2=NCCN21. The van der Waals surface area contributed by atoms with Crippen molar-refractivity contribution in [3.8, 4) is 12.1 Å². The number of nitriles is 2. The minimum absolute atomic E-state index is 0.0946. The predicted molar refractivity (Wildman–Crippen MR) is 58.7 cm³/mol. The normalized spacial score (nSPS) is 19.2. The Balaban J connectivity index is 2.25. The average Bonchev–Trinajstić information content (AvgIpc) is 2.79. The molecule has 0 aromatic heterocycles. The summed E-state index contributed by atoms with van der Waals surface area (Å²) in [5.74, 6) is 0.817. The van der Waals surface area contributed by atoms with E-state index in [1.165, 1.54) is 6.08 Å². The Morgan fingerprint density at radius 3 is 3.06 bits per heavy atom. The minimum Gasteiger partial charge on any atom is -0.332 e. The molecular weight excluding hydrogens is 202 g/mol. The van der Waals surface area contributed by atoms with E-state index in [0.717, 1.165) is 24.7 Å². The molecule has 0 saturated heterocycles. The molecule has 2 rings (SSSR count). The van der Waals surface area contributed by atoms with E-state index in [-0.39, 0.29) is 5.57 Å². The second kappa shape index (κ2) is 4.33. The molecule has 0 fully saturated rings. The van der Waals surface area contributed by atoms with Crippen LogP contribution in [0.1, 0.15) is 0 Å². The molecule has 2 heterocycles. The van der Waals surface area contributed by atoms with Crippen molar-refractivity contribution < 1.29 is 0 Å². The smallest absolute Gasteiger partial charge is 0.202 e. The molecule has 2 aliphatic heterocycles. The van der Waals surface area contributed by atoms with Crippen molar-refractivity contribution in [2.45, 2.75) is 0 Å². The Hall–Kier alpha value is -2.53. The number of guanidine groups is 1. The largest absolute Gasteiger partial charge is 0.332 e. The van der Waals surface area contributed by atoms with Crippen molar-refractivity contribution in [3.05, 3.63) is 35.7 Å². The van der Waals surface area contributed by atoms with Gasteiger partial charge >= 0.3 is 0 Å². The van der Waals surface area contributed by atoms with Crippen molar-refractivity contribution in [2.24, 2.45) is 4.99 Å². The summed E-state index contributed by atoms with van der Waals surface area (Å²) in [7, 11) is 0. The van der Waals surface area contributed by atoms with Gasteiger partial charge in [0, 0.05) is 18.4 Å². The summed E-state index contributed by atoms with van der Waals surface area (Å²) in [5.41, 5.74) is 1.02. The van der Waals surface area contributed by atoms with Crippen LogP contribution in [-0.2, 0) is 0 Å². The molecule has 0 bridgehead atoms. The zero-order valence-electron chi connectivity index (χ0n) is 8.51. The topological polar surface area (TPSA) is 75.2 Å². The number of hydrogen-bond donors (Lipinski definition) is 1. The lowest BCUT2D eigenvalue weighted by molar-refractivity contribution is 0.557. The van der Waals surface area contributed by atoms with Crippen LogP contribution in [0.3, 0.4) is 0 Å². The van der Waals surface area contributed by atoms with Crippen LogP contribution in [0.15, 0.2) is 40.7 Å². The van der Waals surface area contributed by atoms with E-state index in [9.17, 15) is 0 Å². The number of fused-ring (bicyclic) bond motifs is 1. The Labute approximate surface area is 93.3 Å². The fourth-order valence-electron chi connectivity index (χ4n) is 1.53. The highest BCUT2D eigenvalue weighted by atomic mass is 15.3. The lowest BCUT2D eigenvalue weighted by atomic mass is 10.2. The highest BCUT2D eigenvalue weighted by molar-refractivity contribution is 5.86. The zero-order chi connectivity index (χ0) is 11.4. The molecule has 0 saturated carbocycles. The van der Waals surface area contributed by atoms with Gasteiger partial charge in [0.2, 0.25) is 5.96 Å². The van der Waals surface area contributed by atoms with Crippen LogP contribution >= 0.6 is 0 Å². The third kappa shape index (κ3) is 1.79. The Morgan fingerprint density at radius 1 is 1.50 bits per heavy atom. The van der Waals surface area contributed by atoms with E-state index in [0.29, 0.717) is 0 Å². The lowest BCUT2D eigenvalue weighted by Gasteiger charge is -2.24. The van der Waals surface area contributed by atoms with Crippen LogP contribution in [0, 0.1) is 22.7 Å². The molecule has 0 unspecified atom stereocenters. The first-order valence-electron chi connectivity index (χ1n) is 4.82. The van der Waals surface area contributed by atoms with E-state index in [1.54, 1.807) is 12.3 Å². The summed E-state index contributed by atoms with van der Waals surface area (Å²) < 4.78 is 0. The molecule has 5 nitrogen and oxygen atoms in total. The summed E-state index contributed by atoms with van der Waals surface area (Å²) in [6, 6.07) is 3.64. The van der Waals surface area contributed by atoms with Crippen molar-refractivity contribution in [1.82, 2.24) is 10.2 Å². The fourth-order valence-corrected chi connectivity index (χ4v) is 1.53. The van der Waals surface area contributed by atoms with Gasteiger partial charge in [-0.05, 0) is 18.2 Å². The van der Waals surface area contributed by atoms with E-state index in [2.05, 4.69) is 10.3 Å². The van der Waals surface area contributed by atoms with E-state index < -0.39 is 0 Å². The van der Waals surface area contributed by atoms with Gasteiger partial charge < -0.3 is 10.2 Å². The van der Waals surface area contributed by atoms with Crippen LogP contribution in [0.4, 0.5) is 0 Å². The first-order chi connectivity index (χ1) is 7.85. The van der Waals surface area contributed by atoms with Crippen LogP contribution < -0.4 is 5.32 Å². The first-order valence-corrected chi connectivity index (χ1v) is 4.82. The predicted octanol–water partition coefficient (Wildman–Crippen LogP) is 0.632. The maximum atomic E-state index is 8.61. The number of aliphatic imine (C=N–C) groups is 1. The van der Waals surface area contributed by atoms with Gasteiger partial charge in [0.1, 0.15) is 17.7 Å². The first kappa shape index (κ1) is 10.0. The lowest BCUT2D eigenvalue weighted by Crippen LogP contribution is -2.37. The molecule has 2 aliphatic rings. The van der Waals surface area contributed by atoms with Crippen LogP contribution in [-0.4, -0.2) is 23.9 Å². The zero-order valence-corrected chi connectivity index (χ0v) is 8.51. The van der Waals surface area contributed by atoms with Crippen molar-refractivity contribution >= 4 is 5.96 Å². The van der Waals surface area contributed by atoms with Gasteiger partial charge in [0.05, 0.1) is 6.54 Å². The fraction of sp³-hybridized carbons (Fsp3) is 0.182. The Bertz CT molecular complexity index is 479. The Morgan fingerprint density at radius 2 is 2.31 bits per heavy atom. The summed E-state index contributed by atoms with van der Waals surface area (Å²) in [5, 5.41) is 20.2. The maximum absolute atomic E-state index is 8.61. The number of nitrogens with one attached hydrogen (secondary N) is 1. The number of allylic oxidation sites excluding steroid dienone is 4. The van der Waals surface area contributed by atoms with Gasteiger partial charge in [0.15, 0.2) is 0 Å². The number of nitrogens with zero attached hydrogens (tertiary/aromatic N) is 4. The van der Waals surface area contributed by atoms with Gasteiger partial charge in [-0.3, -0.25) is 4.99 Å². The molecule has 0 atom stereocenters. The summed E-state index contributed by atoms with van der Waals surface area (Å²) in [6.07, 6.45) is 6.94. The third-order valence-electron chi connectivity index (χ3n) is 2.28. The van der Waals surface area contributed by atoms with Crippen LogP contribution in [0.2, 0.25) is 0 Å². The minimum atomic E-state index is 0.0946. The molecule has 0 aliphatic carbocycles. The van der Waals surface area contributed by atoms with Crippen molar-refractivity contribution in [2.75, 3.05) is 13.1 Å². The maximum Gasteiger partial charge on any atom is 0.202 e. The molecule has 0 aromatic carbocycles. The molecule has 1 N–H and O–H groups in total. The Kier molecular flexibility index (Phi) is 2.71. The van der Waals surface area contributed by atoms with Gasteiger partial charge in [-0.15, -0.1) is 0 Å². The molecular formula is C11H9N5. The molecule has 0 radical (unpaired) electrons.